The van der Waals surface area contributed by atoms with E-state index >= 15 is 0 Å². The Morgan fingerprint density at radius 2 is 0.660 bits per heavy atom. The molecule has 0 aliphatic rings. The normalized spacial score (nSPS) is 14.6. The molecule has 0 aliphatic carbocycles. The number of unbranched alkanes of at least 4 members (excludes halogenated alkanes) is 24. The highest BCUT2D eigenvalue weighted by Crippen LogP contribution is 2.21. The fourth-order valence-corrected chi connectivity index (χ4v) is 6.47. The van der Waals surface area contributed by atoms with Crippen molar-refractivity contribution in [3.63, 3.8) is 0 Å². The van der Waals surface area contributed by atoms with E-state index < -0.39 is 55.7 Å². The molecule has 0 aliphatic heterocycles. The Kier molecular flexibility index (Phi) is 35.2. The maximum absolute atomic E-state index is 12.7. The lowest BCUT2D eigenvalue weighted by Gasteiger charge is -2.31. The number of hydrogen-bond donors (Lipinski definition) is 5. The summed E-state index contributed by atoms with van der Waals surface area (Å²) in [5.41, 5.74) is 0. The molecule has 0 saturated heterocycles. The summed E-state index contributed by atoms with van der Waals surface area (Å²) >= 11 is 0. The molecule has 9 heteroatoms. The summed E-state index contributed by atoms with van der Waals surface area (Å²) in [6.45, 7) is 3.28. The Hall–Kier alpha value is -1.26. The predicted molar refractivity (Wildman–Crippen MR) is 202 cm³/mol. The lowest BCUT2D eigenvalue weighted by Crippen LogP contribution is -2.46. The number of carbonyl (C=O) groups is 2. The zero-order chi connectivity index (χ0) is 37.1. The number of esters is 2. The highest BCUT2D eigenvalue weighted by Gasteiger charge is 2.35. The van der Waals surface area contributed by atoms with Gasteiger partial charge in [-0.15, -0.1) is 0 Å². The number of aliphatic hydroxyl groups is 5. The van der Waals surface area contributed by atoms with E-state index in [0.29, 0.717) is 12.8 Å². The van der Waals surface area contributed by atoms with Gasteiger partial charge in [0, 0.05) is 25.7 Å². The third-order valence-corrected chi connectivity index (χ3v) is 9.73. The molecule has 9 nitrogen and oxygen atoms in total. The summed E-state index contributed by atoms with van der Waals surface area (Å²) in [6.07, 6.45) is 24.0. The number of aliphatic hydroxyl groups excluding tert-OH is 5. The highest BCUT2D eigenvalue weighted by molar-refractivity contribution is 5.70. The first-order valence-electron chi connectivity index (χ1n) is 20.9. The van der Waals surface area contributed by atoms with Crippen LogP contribution in [0.1, 0.15) is 206 Å². The largest absolute Gasteiger partial charge is 0.459 e. The van der Waals surface area contributed by atoms with E-state index in [1.54, 1.807) is 0 Å². The van der Waals surface area contributed by atoms with Crippen molar-refractivity contribution in [1.29, 1.82) is 0 Å². The van der Waals surface area contributed by atoms with Crippen LogP contribution in [0, 0.1) is 0 Å². The molecule has 0 bridgehead atoms. The quantitative estimate of drug-likeness (QED) is 0.0312. The monoisotopic (exact) mass is 717 g/mol. The highest BCUT2D eigenvalue weighted by atomic mass is 16.6. The van der Waals surface area contributed by atoms with Crippen LogP contribution in [0.2, 0.25) is 0 Å². The number of carbonyl (C=O) groups excluding carboxylic acids is 2. The zero-order valence-electron chi connectivity index (χ0n) is 32.4. The first kappa shape index (κ1) is 48.7. The maximum Gasteiger partial charge on any atom is 0.306 e. The van der Waals surface area contributed by atoms with Crippen LogP contribution in [-0.4, -0.2) is 81.2 Å². The second kappa shape index (κ2) is 36.1. The Bertz CT molecular complexity index is 690. The molecular weight excluding hydrogens is 636 g/mol. The van der Waals surface area contributed by atoms with Crippen LogP contribution in [0.3, 0.4) is 0 Å². The van der Waals surface area contributed by atoms with Crippen molar-refractivity contribution in [2.45, 2.75) is 237 Å². The van der Waals surface area contributed by atoms with E-state index in [0.717, 1.165) is 38.5 Å². The van der Waals surface area contributed by atoms with Gasteiger partial charge in [-0.2, -0.15) is 0 Å². The van der Waals surface area contributed by atoms with Crippen LogP contribution in [0.25, 0.3) is 0 Å². The van der Waals surface area contributed by atoms with Crippen LogP contribution >= 0.6 is 0 Å². The molecule has 0 radical (unpaired) electrons. The fraction of sp³-hybridized carbons (Fsp3) is 0.951. The van der Waals surface area contributed by atoms with Gasteiger partial charge in [0.15, 0.2) is 0 Å². The van der Waals surface area contributed by atoms with Crippen molar-refractivity contribution in [2.24, 2.45) is 0 Å². The van der Waals surface area contributed by atoms with Crippen LogP contribution < -0.4 is 0 Å². The topological polar surface area (TPSA) is 154 Å². The molecule has 0 aromatic carbocycles. The molecule has 298 valence electrons. The van der Waals surface area contributed by atoms with Crippen molar-refractivity contribution in [3.8, 4) is 0 Å². The summed E-state index contributed by atoms with van der Waals surface area (Å²) < 4.78 is 11.1. The van der Waals surface area contributed by atoms with Gasteiger partial charge in [0.2, 0.25) is 0 Å². The van der Waals surface area contributed by atoms with Gasteiger partial charge in [-0.25, -0.2) is 0 Å². The molecule has 4 unspecified atom stereocenters. The summed E-state index contributed by atoms with van der Waals surface area (Å²) in [7, 11) is 0. The molecule has 0 aromatic rings. The van der Waals surface area contributed by atoms with Gasteiger partial charge < -0.3 is 35.0 Å². The van der Waals surface area contributed by atoms with Crippen molar-refractivity contribution >= 4 is 11.9 Å². The minimum Gasteiger partial charge on any atom is -0.459 e. The van der Waals surface area contributed by atoms with E-state index in [2.05, 4.69) is 13.8 Å². The average molecular weight is 717 g/mol. The summed E-state index contributed by atoms with van der Waals surface area (Å²) in [4.78, 5) is 25.5. The van der Waals surface area contributed by atoms with Gasteiger partial charge in [-0.3, -0.25) is 9.59 Å². The molecule has 0 spiro atoms. The molecule has 4 atom stereocenters. The summed E-state index contributed by atoms with van der Waals surface area (Å²) in [5.74, 6) is -1.08. The van der Waals surface area contributed by atoms with Gasteiger partial charge >= 0.3 is 11.9 Å². The summed E-state index contributed by atoms with van der Waals surface area (Å²) in [5, 5.41) is 50.3. The lowest BCUT2D eigenvalue weighted by molar-refractivity contribution is -0.176. The number of hydrogen-bond acceptors (Lipinski definition) is 9. The van der Waals surface area contributed by atoms with Crippen LogP contribution in [0.5, 0.6) is 0 Å². The second-order valence-electron chi connectivity index (χ2n) is 14.7. The van der Waals surface area contributed by atoms with Crippen molar-refractivity contribution in [1.82, 2.24) is 0 Å². The lowest BCUT2D eigenvalue weighted by atomic mass is 9.97. The van der Waals surface area contributed by atoms with Gasteiger partial charge in [0.1, 0.15) is 18.3 Å². The van der Waals surface area contributed by atoms with Crippen LogP contribution in [0.4, 0.5) is 0 Å². The Morgan fingerprint density at radius 1 is 0.420 bits per heavy atom. The molecule has 0 heterocycles. The van der Waals surface area contributed by atoms with Crippen LogP contribution in [0.15, 0.2) is 0 Å². The Labute approximate surface area is 306 Å². The molecular formula is C41H80O9. The minimum atomic E-state index is -1.55. The fourth-order valence-electron chi connectivity index (χ4n) is 6.47. The molecule has 0 fully saturated rings. The second-order valence-corrected chi connectivity index (χ2v) is 14.7. The first-order chi connectivity index (χ1) is 24.3. The minimum absolute atomic E-state index is 0.152. The Morgan fingerprint density at radius 3 is 0.900 bits per heavy atom. The molecule has 50 heavy (non-hydrogen) atoms. The van der Waals surface area contributed by atoms with E-state index in [1.807, 2.05) is 0 Å². The van der Waals surface area contributed by atoms with E-state index in [9.17, 15) is 35.1 Å². The third kappa shape index (κ3) is 30.4. The van der Waals surface area contributed by atoms with Gasteiger partial charge in [0.05, 0.1) is 25.4 Å². The van der Waals surface area contributed by atoms with E-state index in [1.165, 1.54) is 116 Å². The number of ether oxygens (including phenoxy) is 2. The molecule has 5 N–H and O–H groups in total. The standard InChI is InChI=1S/C41H80O9/c1-3-5-7-9-11-13-15-17-19-21-23-25-27-29-39(46)49-37(31-35(44)33-42)41(48)38(32-36(45)34-43)50-40(47)30-28-26-24-22-20-18-16-14-12-10-8-6-4-2/h35-38,41-45,48H,3-34H2,1-2H3. The van der Waals surface area contributed by atoms with Gasteiger partial charge in [-0.1, -0.05) is 168 Å². The van der Waals surface area contributed by atoms with Gasteiger partial charge in [0.25, 0.3) is 0 Å². The number of rotatable bonds is 38. The maximum atomic E-state index is 12.7. The SMILES string of the molecule is CCCCCCCCCCCCCCCC(=O)OC(CC(O)CO)C(O)C(CC(O)CO)OC(=O)CCCCCCCCCCCCCCC. The van der Waals surface area contributed by atoms with Crippen molar-refractivity contribution in [3.05, 3.63) is 0 Å². The smallest absolute Gasteiger partial charge is 0.306 e. The zero-order valence-corrected chi connectivity index (χ0v) is 32.4. The predicted octanol–water partition coefficient (Wildman–Crippen LogP) is 8.62. The molecule has 0 rings (SSSR count). The van der Waals surface area contributed by atoms with Crippen molar-refractivity contribution < 1.29 is 44.6 Å². The third-order valence-electron chi connectivity index (χ3n) is 9.73. The average Bonchev–Trinajstić information content (AvgIpc) is 3.11. The molecule has 0 amide bonds. The van der Waals surface area contributed by atoms with Gasteiger partial charge in [-0.05, 0) is 12.8 Å². The van der Waals surface area contributed by atoms with Crippen LogP contribution in [-0.2, 0) is 19.1 Å². The Balaban J connectivity index is 4.57. The van der Waals surface area contributed by atoms with E-state index in [-0.39, 0.29) is 25.7 Å². The first-order valence-corrected chi connectivity index (χ1v) is 20.9. The molecule has 0 aromatic heterocycles. The summed E-state index contributed by atoms with van der Waals surface area (Å²) in [6, 6.07) is 0. The molecule has 0 saturated carbocycles. The van der Waals surface area contributed by atoms with Crippen molar-refractivity contribution in [2.75, 3.05) is 13.2 Å². The van der Waals surface area contributed by atoms with E-state index in [4.69, 9.17) is 9.47 Å².